The highest BCUT2D eigenvalue weighted by Crippen LogP contribution is 2.28. The number of hydrogen-bond donors (Lipinski definition) is 1. The van der Waals surface area contributed by atoms with Crippen LogP contribution in [0, 0.1) is 27.7 Å². The molecule has 3 aromatic rings. The molecule has 0 atom stereocenters. The van der Waals surface area contributed by atoms with Crippen molar-refractivity contribution in [1.82, 2.24) is 9.78 Å². The molecule has 0 unspecified atom stereocenters. The minimum atomic E-state index is -4.05. The van der Waals surface area contributed by atoms with Gasteiger partial charge in [-0.3, -0.25) is 13.8 Å². The Labute approximate surface area is 187 Å². The summed E-state index contributed by atoms with van der Waals surface area (Å²) in [7, 11) is -2.36. The van der Waals surface area contributed by atoms with Crippen LogP contribution in [0.25, 0.3) is 0 Å². The Morgan fingerprint density at radius 1 is 1.10 bits per heavy atom. The second-order valence-corrected chi connectivity index (χ2v) is 9.69. The fourth-order valence-electron chi connectivity index (χ4n) is 3.27. The largest absolute Gasteiger partial charge is 0.324 e. The first kappa shape index (κ1) is 22.8. The molecule has 0 aliphatic carbocycles. The molecule has 0 bridgehead atoms. The van der Waals surface area contributed by atoms with Gasteiger partial charge in [0, 0.05) is 17.8 Å². The molecule has 0 saturated heterocycles. The maximum Gasteiger partial charge on any atom is 0.268 e. The molecule has 1 aromatic heterocycles. The average Bonchev–Trinajstić information content (AvgIpc) is 2.95. The maximum absolute atomic E-state index is 13.6. The SMILES string of the molecule is Cc1ccc(N(CC(=O)Nc2ccc(C)c(Cl)c2)S(=O)(=O)c2c(C)nn(C)c2C)cc1. The third kappa shape index (κ3) is 4.75. The van der Waals surface area contributed by atoms with E-state index in [2.05, 4.69) is 10.4 Å². The summed E-state index contributed by atoms with van der Waals surface area (Å²) in [4.78, 5) is 12.9. The van der Waals surface area contributed by atoms with Crippen LogP contribution < -0.4 is 9.62 Å². The van der Waals surface area contributed by atoms with Crippen molar-refractivity contribution in [3.05, 3.63) is 70.0 Å². The number of carbonyl (C=O) groups excluding carboxylic acids is 1. The van der Waals surface area contributed by atoms with E-state index in [0.29, 0.717) is 27.8 Å². The number of nitrogens with zero attached hydrogens (tertiary/aromatic N) is 3. The number of sulfonamides is 1. The predicted molar refractivity (Wildman–Crippen MR) is 123 cm³/mol. The molecular weight excluding hydrogens is 436 g/mol. The van der Waals surface area contributed by atoms with Crippen molar-refractivity contribution in [2.24, 2.45) is 7.05 Å². The quantitative estimate of drug-likeness (QED) is 0.599. The van der Waals surface area contributed by atoms with E-state index in [9.17, 15) is 13.2 Å². The van der Waals surface area contributed by atoms with Crippen molar-refractivity contribution in [2.45, 2.75) is 32.6 Å². The molecule has 7 nitrogen and oxygen atoms in total. The van der Waals surface area contributed by atoms with E-state index in [0.717, 1.165) is 15.4 Å². The van der Waals surface area contributed by atoms with Gasteiger partial charge in [0.15, 0.2) is 0 Å². The van der Waals surface area contributed by atoms with Crippen LogP contribution in [0.2, 0.25) is 5.02 Å². The van der Waals surface area contributed by atoms with Gasteiger partial charge < -0.3 is 5.32 Å². The smallest absolute Gasteiger partial charge is 0.268 e. The van der Waals surface area contributed by atoms with E-state index < -0.39 is 22.5 Å². The van der Waals surface area contributed by atoms with Gasteiger partial charge in [0.05, 0.1) is 17.1 Å². The van der Waals surface area contributed by atoms with E-state index in [1.165, 1.54) is 4.68 Å². The van der Waals surface area contributed by atoms with Gasteiger partial charge in [-0.15, -0.1) is 0 Å². The zero-order chi connectivity index (χ0) is 22.9. The third-order valence-corrected chi connectivity index (χ3v) is 7.49. The Bertz CT molecular complexity index is 1230. The van der Waals surface area contributed by atoms with Crippen LogP contribution in [-0.4, -0.2) is 30.7 Å². The summed E-state index contributed by atoms with van der Waals surface area (Å²) in [5, 5.41) is 7.47. The van der Waals surface area contributed by atoms with Crippen LogP contribution in [0.4, 0.5) is 11.4 Å². The molecule has 164 valence electrons. The molecule has 9 heteroatoms. The molecule has 0 aliphatic heterocycles. The first-order valence-electron chi connectivity index (χ1n) is 9.66. The normalized spacial score (nSPS) is 11.4. The van der Waals surface area contributed by atoms with Gasteiger partial charge in [0.25, 0.3) is 10.0 Å². The zero-order valence-corrected chi connectivity index (χ0v) is 19.7. The molecular formula is C22H25ClN4O3S. The van der Waals surface area contributed by atoms with Crippen LogP contribution in [0.5, 0.6) is 0 Å². The zero-order valence-electron chi connectivity index (χ0n) is 18.1. The van der Waals surface area contributed by atoms with Crippen molar-refractivity contribution in [3.8, 4) is 0 Å². The summed E-state index contributed by atoms with van der Waals surface area (Å²) in [6.07, 6.45) is 0. The number of aromatic nitrogens is 2. The molecule has 0 fully saturated rings. The minimum Gasteiger partial charge on any atom is -0.324 e. The predicted octanol–water partition coefficient (Wildman–Crippen LogP) is 4.14. The summed E-state index contributed by atoms with van der Waals surface area (Å²) in [6, 6.07) is 12.1. The van der Waals surface area contributed by atoms with Gasteiger partial charge in [-0.2, -0.15) is 5.10 Å². The number of halogens is 1. The van der Waals surface area contributed by atoms with Crippen molar-refractivity contribution >= 4 is 38.9 Å². The topological polar surface area (TPSA) is 84.3 Å². The molecule has 0 radical (unpaired) electrons. The summed E-state index contributed by atoms with van der Waals surface area (Å²) < 4.78 is 29.9. The Balaban J connectivity index is 1.99. The highest BCUT2D eigenvalue weighted by molar-refractivity contribution is 7.93. The standard InChI is InChI=1S/C22H25ClN4O3S/c1-14-6-10-19(11-7-14)27(31(29,30)22-16(3)25-26(5)17(22)4)13-21(28)24-18-9-8-15(2)20(23)12-18/h6-12H,13H2,1-5H3,(H,24,28). The van der Waals surface area contributed by atoms with Gasteiger partial charge in [-0.05, 0) is 57.5 Å². The summed E-state index contributed by atoms with van der Waals surface area (Å²) in [5.74, 6) is -0.483. The van der Waals surface area contributed by atoms with E-state index >= 15 is 0 Å². The Hall–Kier alpha value is -2.84. The summed E-state index contributed by atoms with van der Waals surface area (Å²) in [5.41, 5.74) is 3.63. The Kier molecular flexibility index (Phi) is 6.43. The first-order valence-corrected chi connectivity index (χ1v) is 11.5. The fraction of sp³-hybridized carbons (Fsp3) is 0.273. The Morgan fingerprint density at radius 3 is 2.29 bits per heavy atom. The van der Waals surface area contributed by atoms with Crippen molar-refractivity contribution in [1.29, 1.82) is 0 Å². The van der Waals surface area contributed by atoms with Crippen LogP contribution in [0.3, 0.4) is 0 Å². The molecule has 2 aromatic carbocycles. The number of carbonyl (C=O) groups is 1. The molecule has 31 heavy (non-hydrogen) atoms. The molecule has 0 aliphatic rings. The number of anilines is 2. The molecule has 1 N–H and O–H groups in total. The van der Waals surface area contributed by atoms with Crippen molar-refractivity contribution < 1.29 is 13.2 Å². The maximum atomic E-state index is 13.6. The van der Waals surface area contributed by atoms with Gasteiger partial charge >= 0.3 is 0 Å². The minimum absolute atomic E-state index is 0.0988. The second-order valence-electron chi connectivity index (χ2n) is 7.48. The van der Waals surface area contributed by atoms with Crippen molar-refractivity contribution in [3.63, 3.8) is 0 Å². The lowest BCUT2D eigenvalue weighted by atomic mass is 10.2. The summed E-state index contributed by atoms with van der Waals surface area (Å²) in [6.45, 7) is 6.70. The molecule has 1 heterocycles. The monoisotopic (exact) mass is 460 g/mol. The van der Waals surface area contributed by atoms with E-state index in [-0.39, 0.29) is 4.90 Å². The summed E-state index contributed by atoms with van der Waals surface area (Å²) >= 11 is 6.14. The van der Waals surface area contributed by atoms with Gasteiger partial charge in [0.2, 0.25) is 5.91 Å². The first-order chi connectivity index (χ1) is 14.5. The van der Waals surface area contributed by atoms with E-state index in [1.54, 1.807) is 63.4 Å². The lowest BCUT2D eigenvalue weighted by Crippen LogP contribution is -2.38. The molecule has 3 rings (SSSR count). The highest BCUT2D eigenvalue weighted by atomic mass is 35.5. The van der Waals surface area contributed by atoms with E-state index in [4.69, 9.17) is 11.6 Å². The fourth-order valence-corrected chi connectivity index (χ4v) is 5.27. The van der Waals surface area contributed by atoms with Crippen LogP contribution >= 0.6 is 11.6 Å². The van der Waals surface area contributed by atoms with Crippen LogP contribution in [0.1, 0.15) is 22.5 Å². The number of rotatable bonds is 6. The number of amides is 1. The highest BCUT2D eigenvalue weighted by Gasteiger charge is 2.32. The lowest BCUT2D eigenvalue weighted by molar-refractivity contribution is -0.114. The van der Waals surface area contributed by atoms with E-state index in [1.807, 2.05) is 13.8 Å². The number of hydrogen-bond acceptors (Lipinski definition) is 4. The number of benzene rings is 2. The number of nitrogens with one attached hydrogen (secondary N) is 1. The molecule has 1 amide bonds. The van der Waals surface area contributed by atoms with Crippen LogP contribution in [0.15, 0.2) is 47.4 Å². The van der Waals surface area contributed by atoms with Gasteiger partial charge in [-0.1, -0.05) is 35.4 Å². The molecule has 0 spiro atoms. The third-order valence-electron chi connectivity index (χ3n) is 5.06. The van der Waals surface area contributed by atoms with Crippen LogP contribution in [-0.2, 0) is 21.9 Å². The lowest BCUT2D eigenvalue weighted by Gasteiger charge is -2.24. The van der Waals surface area contributed by atoms with Gasteiger partial charge in [-0.25, -0.2) is 8.42 Å². The Morgan fingerprint density at radius 2 is 1.74 bits per heavy atom. The average molecular weight is 461 g/mol. The molecule has 0 saturated carbocycles. The number of aryl methyl sites for hydroxylation is 4. The van der Waals surface area contributed by atoms with Crippen molar-refractivity contribution in [2.75, 3.05) is 16.2 Å². The van der Waals surface area contributed by atoms with Gasteiger partial charge in [0.1, 0.15) is 11.4 Å². The second kappa shape index (κ2) is 8.72.